The number of hydrogen-bond acceptors (Lipinski definition) is 9. The van der Waals surface area contributed by atoms with E-state index in [0.717, 1.165) is 0 Å². The third-order valence-electron chi connectivity index (χ3n) is 4.25. The first-order valence-corrected chi connectivity index (χ1v) is 8.15. The van der Waals surface area contributed by atoms with Gasteiger partial charge in [-0.05, 0) is 0 Å². The fourth-order valence-electron chi connectivity index (χ4n) is 2.78. The highest BCUT2D eigenvalue weighted by molar-refractivity contribution is 5.92. The van der Waals surface area contributed by atoms with Crippen molar-refractivity contribution in [3.8, 4) is 0 Å². The Morgan fingerprint density at radius 2 is 2.23 bits per heavy atom. The topological polar surface area (TPSA) is 158 Å². The highest BCUT2D eigenvalue weighted by Gasteiger charge is 2.45. The van der Waals surface area contributed by atoms with Crippen LogP contribution >= 0.6 is 0 Å². The molecule has 0 aromatic carbocycles. The number of nitrogens with two attached hydrogens (primary N) is 1. The fourth-order valence-corrected chi connectivity index (χ4v) is 2.78. The van der Waals surface area contributed by atoms with E-state index in [1.165, 1.54) is 18.0 Å². The number of carbonyl (C=O) groups is 1. The number of carbonyl (C=O) groups excluding carboxylic acids is 1. The molecule has 11 nitrogen and oxygen atoms in total. The second-order valence-electron chi connectivity index (χ2n) is 6.34. The number of aliphatic hydroxyl groups excluding tert-OH is 2. The van der Waals surface area contributed by atoms with Crippen LogP contribution in [0.5, 0.6) is 0 Å². The van der Waals surface area contributed by atoms with Crippen LogP contribution in [0.3, 0.4) is 0 Å². The Labute approximate surface area is 149 Å². The number of anilines is 2. The molecular formula is C15H22N6O5. The minimum atomic E-state index is -1.02. The highest BCUT2D eigenvalue weighted by Crippen LogP contribution is 2.33. The van der Waals surface area contributed by atoms with Crippen LogP contribution in [0.2, 0.25) is 0 Å². The summed E-state index contributed by atoms with van der Waals surface area (Å²) in [7, 11) is 1.43. The molecule has 3 rings (SSSR count). The lowest BCUT2D eigenvalue weighted by Crippen LogP contribution is -2.34. The standard InChI is InChI=1S/C15H22N6O5/c1-6(2)13(24)20-15-18-11(16)8-12(19-15)21(5-17-8)14-10(25-3)9(23)7(4-22)26-14/h5-7,9-10,14,22-23H,4H2,1-3H3,(H3,16,18,19,20,24)/t7-,9-,10-,14-/m1/s1. The van der Waals surface area contributed by atoms with E-state index in [1.807, 2.05) is 0 Å². The second-order valence-corrected chi connectivity index (χ2v) is 6.34. The quantitative estimate of drug-likeness (QED) is 0.535. The zero-order chi connectivity index (χ0) is 19.0. The number of nitrogen functional groups attached to an aromatic ring is 1. The van der Waals surface area contributed by atoms with Crippen molar-refractivity contribution in [1.82, 2.24) is 19.5 Å². The number of amides is 1. The fraction of sp³-hybridized carbons (Fsp3) is 0.600. The average Bonchev–Trinajstić information content (AvgIpc) is 3.15. The van der Waals surface area contributed by atoms with E-state index < -0.39 is 24.5 Å². The van der Waals surface area contributed by atoms with Crippen LogP contribution in [0.4, 0.5) is 11.8 Å². The smallest absolute Gasteiger partial charge is 0.233 e. The number of hydrogen-bond donors (Lipinski definition) is 4. The molecule has 0 radical (unpaired) electrons. The Morgan fingerprint density at radius 1 is 1.50 bits per heavy atom. The van der Waals surface area contributed by atoms with Crippen LogP contribution < -0.4 is 11.1 Å². The summed E-state index contributed by atoms with van der Waals surface area (Å²) in [5, 5.41) is 22.2. The normalized spacial score (nSPS) is 25.9. The van der Waals surface area contributed by atoms with E-state index in [-0.39, 0.29) is 30.2 Å². The van der Waals surface area contributed by atoms with Gasteiger partial charge >= 0.3 is 0 Å². The van der Waals surface area contributed by atoms with Gasteiger partial charge in [0.25, 0.3) is 0 Å². The van der Waals surface area contributed by atoms with Crippen LogP contribution in [0.25, 0.3) is 11.2 Å². The van der Waals surface area contributed by atoms with Gasteiger partial charge in [-0.25, -0.2) is 4.98 Å². The molecule has 5 N–H and O–H groups in total. The molecule has 1 amide bonds. The van der Waals surface area contributed by atoms with Crippen LogP contribution in [0, 0.1) is 5.92 Å². The molecule has 1 fully saturated rings. The third-order valence-corrected chi connectivity index (χ3v) is 4.25. The van der Waals surface area contributed by atoms with E-state index in [9.17, 15) is 15.0 Å². The summed E-state index contributed by atoms with van der Waals surface area (Å²) in [6, 6.07) is 0. The van der Waals surface area contributed by atoms with Gasteiger partial charge in [0.2, 0.25) is 11.9 Å². The van der Waals surface area contributed by atoms with Gasteiger partial charge in [0, 0.05) is 13.0 Å². The molecule has 1 aliphatic heterocycles. The molecule has 0 bridgehead atoms. The summed E-state index contributed by atoms with van der Waals surface area (Å²) in [4.78, 5) is 24.4. The third kappa shape index (κ3) is 3.09. The van der Waals surface area contributed by atoms with Crippen molar-refractivity contribution in [3.63, 3.8) is 0 Å². The molecule has 0 spiro atoms. The molecular weight excluding hydrogens is 344 g/mol. The molecule has 1 saturated heterocycles. The van der Waals surface area contributed by atoms with E-state index in [4.69, 9.17) is 15.2 Å². The van der Waals surface area contributed by atoms with Gasteiger partial charge in [-0.2, -0.15) is 9.97 Å². The number of methoxy groups -OCH3 is 1. The number of imidazole rings is 1. The summed E-state index contributed by atoms with van der Waals surface area (Å²) >= 11 is 0. The van der Waals surface area contributed by atoms with Crippen LogP contribution in [-0.4, -0.2) is 67.7 Å². The maximum Gasteiger partial charge on any atom is 0.233 e. The van der Waals surface area contributed by atoms with E-state index >= 15 is 0 Å². The number of nitrogens with one attached hydrogen (secondary N) is 1. The molecule has 0 saturated carbocycles. The number of fused-ring (bicyclic) bond motifs is 1. The van der Waals surface area contributed by atoms with Crippen LogP contribution in [-0.2, 0) is 14.3 Å². The predicted octanol–water partition coefficient (Wildman–Crippen LogP) is -0.731. The largest absolute Gasteiger partial charge is 0.394 e. The van der Waals surface area contributed by atoms with Gasteiger partial charge in [0.1, 0.15) is 23.8 Å². The maximum atomic E-state index is 11.9. The van der Waals surface area contributed by atoms with Crippen molar-refractivity contribution in [1.29, 1.82) is 0 Å². The van der Waals surface area contributed by atoms with Gasteiger partial charge in [-0.15, -0.1) is 0 Å². The predicted molar refractivity (Wildman–Crippen MR) is 91.0 cm³/mol. The Kier molecular flexibility index (Phi) is 5.05. The molecule has 4 atom stereocenters. The second kappa shape index (κ2) is 7.11. The maximum absolute atomic E-state index is 11.9. The Morgan fingerprint density at radius 3 is 2.85 bits per heavy atom. The monoisotopic (exact) mass is 366 g/mol. The van der Waals surface area contributed by atoms with Crippen molar-refractivity contribution in [3.05, 3.63) is 6.33 Å². The minimum Gasteiger partial charge on any atom is -0.394 e. The molecule has 0 aliphatic carbocycles. The van der Waals surface area contributed by atoms with Gasteiger partial charge in [-0.3, -0.25) is 14.7 Å². The summed E-state index contributed by atoms with van der Waals surface area (Å²) in [5.41, 5.74) is 6.57. The highest BCUT2D eigenvalue weighted by atomic mass is 16.6. The zero-order valence-corrected chi connectivity index (χ0v) is 14.7. The number of rotatable bonds is 5. The first-order chi connectivity index (χ1) is 12.4. The summed E-state index contributed by atoms with van der Waals surface area (Å²) in [5.74, 6) is -0.366. The lowest BCUT2D eigenvalue weighted by Gasteiger charge is -2.20. The average molecular weight is 366 g/mol. The summed E-state index contributed by atoms with van der Waals surface area (Å²) in [6.45, 7) is 3.12. The van der Waals surface area contributed by atoms with Gasteiger partial charge < -0.3 is 25.4 Å². The van der Waals surface area contributed by atoms with Crippen molar-refractivity contribution < 1.29 is 24.5 Å². The lowest BCUT2D eigenvalue weighted by atomic mass is 10.1. The molecule has 142 valence electrons. The van der Waals surface area contributed by atoms with Crippen molar-refractivity contribution in [2.75, 3.05) is 24.8 Å². The van der Waals surface area contributed by atoms with Crippen molar-refractivity contribution >= 4 is 28.8 Å². The van der Waals surface area contributed by atoms with Gasteiger partial charge in [0.05, 0.1) is 12.9 Å². The molecule has 0 unspecified atom stereocenters. The first kappa shape index (κ1) is 18.5. The molecule has 3 heterocycles. The van der Waals surface area contributed by atoms with E-state index in [2.05, 4.69) is 20.3 Å². The van der Waals surface area contributed by atoms with Gasteiger partial charge in [0.15, 0.2) is 17.7 Å². The minimum absolute atomic E-state index is 0.0432. The zero-order valence-electron chi connectivity index (χ0n) is 14.7. The SMILES string of the molecule is CO[C@@H]1[C@H](O)[C@@H](CO)O[C@H]1n1cnc2c(N)nc(NC(=O)C(C)C)nc21. The van der Waals surface area contributed by atoms with Gasteiger partial charge in [-0.1, -0.05) is 13.8 Å². The Balaban J connectivity index is 2.01. The summed E-state index contributed by atoms with van der Waals surface area (Å²) in [6.07, 6.45) is -1.91. The number of nitrogens with zero attached hydrogens (tertiary/aromatic N) is 4. The molecule has 26 heavy (non-hydrogen) atoms. The first-order valence-electron chi connectivity index (χ1n) is 8.15. The van der Waals surface area contributed by atoms with E-state index in [1.54, 1.807) is 13.8 Å². The van der Waals surface area contributed by atoms with Crippen molar-refractivity contribution in [2.45, 2.75) is 38.4 Å². The van der Waals surface area contributed by atoms with Crippen LogP contribution in [0.15, 0.2) is 6.33 Å². The number of aliphatic hydroxyl groups is 2. The van der Waals surface area contributed by atoms with Crippen LogP contribution in [0.1, 0.15) is 20.1 Å². The molecule has 2 aromatic rings. The van der Waals surface area contributed by atoms with Crippen molar-refractivity contribution in [2.24, 2.45) is 5.92 Å². The lowest BCUT2D eigenvalue weighted by molar-refractivity contribution is -0.118. The molecule has 2 aromatic heterocycles. The molecule has 1 aliphatic rings. The number of aromatic nitrogens is 4. The Hall–Kier alpha value is -2.34. The summed E-state index contributed by atoms with van der Waals surface area (Å²) < 4.78 is 12.5. The van der Waals surface area contributed by atoms with E-state index in [0.29, 0.717) is 11.2 Å². The Bertz CT molecular complexity index is 809. The molecule has 11 heteroatoms. The number of ether oxygens (including phenoxy) is 2.